The van der Waals surface area contributed by atoms with Crippen molar-refractivity contribution in [1.29, 1.82) is 0 Å². The van der Waals surface area contributed by atoms with Gasteiger partial charge in [0, 0.05) is 30.1 Å². The van der Waals surface area contributed by atoms with Crippen LogP contribution >= 0.6 is 11.8 Å². The number of benzene rings is 1. The zero-order valence-corrected chi connectivity index (χ0v) is 12.0. The first kappa shape index (κ1) is 13.4. The fourth-order valence-corrected chi connectivity index (χ4v) is 3.03. The van der Waals surface area contributed by atoms with Crippen LogP contribution in [0.3, 0.4) is 0 Å². The monoisotopic (exact) mass is 266 g/mol. The maximum absolute atomic E-state index is 5.90. The fraction of sp³-hybridized carbons (Fsp3) is 0.571. The second-order valence-corrected chi connectivity index (χ2v) is 5.72. The molecule has 0 aromatic heterocycles. The standard InChI is InChI=1S/C14H22N2OS/c1-3-17-14-10-11(4-5-13(14)15)16-8-6-12(18-2)7-9-16/h4-5,10,12H,3,6-9,15H2,1-2H3. The molecule has 0 radical (unpaired) electrons. The zero-order chi connectivity index (χ0) is 13.0. The van der Waals surface area contributed by atoms with Gasteiger partial charge in [0.25, 0.3) is 0 Å². The van der Waals surface area contributed by atoms with Gasteiger partial charge in [-0.15, -0.1) is 0 Å². The van der Waals surface area contributed by atoms with E-state index in [1.54, 1.807) is 0 Å². The molecule has 0 unspecified atom stereocenters. The molecule has 1 aromatic carbocycles. The molecule has 1 aromatic rings. The Kier molecular flexibility index (Phi) is 4.64. The van der Waals surface area contributed by atoms with Gasteiger partial charge < -0.3 is 15.4 Å². The molecule has 3 nitrogen and oxygen atoms in total. The molecule has 0 amide bonds. The lowest BCUT2D eigenvalue weighted by Crippen LogP contribution is -2.34. The Balaban J connectivity index is 2.07. The van der Waals surface area contributed by atoms with E-state index in [-0.39, 0.29) is 0 Å². The van der Waals surface area contributed by atoms with Gasteiger partial charge in [0.15, 0.2) is 0 Å². The Labute approximate surface area is 114 Å². The number of hydrogen-bond donors (Lipinski definition) is 1. The Morgan fingerprint density at radius 3 is 2.72 bits per heavy atom. The van der Waals surface area contributed by atoms with Gasteiger partial charge >= 0.3 is 0 Å². The van der Waals surface area contributed by atoms with Crippen molar-refractivity contribution in [3.63, 3.8) is 0 Å². The van der Waals surface area contributed by atoms with Crippen LogP contribution in [0.5, 0.6) is 5.75 Å². The van der Waals surface area contributed by atoms with Gasteiger partial charge in [-0.3, -0.25) is 0 Å². The number of rotatable bonds is 4. The highest BCUT2D eigenvalue weighted by molar-refractivity contribution is 7.99. The van der Waals surface area contributed by atoms with Crippen LogP contribution < -0.4 is 15.4 Å². The lowest BCUT2D eigenvalue weighted by Gasteiger charge is -2.33. The van der Waals surface area contributed by atoms with Crippen molar-refractivity contribution in [2.24, 2.45) is 0 Å². The van der Waals surface area contributed by atoms with Crippen molar-refractivity contribution in [3.05, 3.63) is 18.2 Å². The molecule has 2 rings (SSSR count). The lowest BCUT2D eigenvalue weighted by molar-refractivity contribution is 0.342. The summed E-state index contributed by atoms with van der Waals surface area (Å²) < 4.78 is 5.55. The number of nitrogen functional groups attached to an aromatic ring is 1. The Morgan fingerprint density at radius 1 is 1.39 bits per heavy atom. The van der Waals surface area contributed by atoms with Crippen LogP contribution in [0.1, 0.15) is 19.8 Å². The summed E-state index contributed by atoms with van der Waals surface area (Å²) in [6, 6.07) is 6.11. The smallest absolute Gasteiger partial charge is 0.144 e. The molecule has 0 saturated carbocycles. The van der Waals surface area contributed by atoms with Crippen molar-refractivity contribution in [3.8, 4) is 5.75 Å². The van der Waals surface area contributed by atoms with Crippen molar-refractivity contribution in [2.75, 3.05) is 36.6 Å². The minimum atomic E-state index is 0.655. The Hall–Kier alpha value is -1.03. The SMILES string of the molecule is CCOc1cc(N2CCC(SC)CC2)ccc1N. The first-order chi connectivity index (χ1) is 8.74. The number of hydrogen-bond acceptors (Lipinski definition) is 4. The molecule has 2 N–H and O–H groups in total. The molecule has 1 fully saturated rings. The van der Waals surface area contributed by atoms with Gasteiger partial charge in [0.05, 0.1) is 12.3 Å². The summed E-state index contributed by atoms with van der Waals surface area (Å²) in [6.07, 6.45) is 4.72. The second kappa shape index (κ2) is 6.23. The predicted molar refractivity (Wildman–Crippen MR) is 80.8 cm³/mol. The number of piperidine rings is 1. The number of nitrogens with zero attached hydrogens (tertiary/aromatic N) is 1. The van der Waals surface area contributed by atoms with Crippen LogP contribution in [0.25, 0.3) is 0 Å². The van der Waals surface area contributed by atoms with Crippen LogP contribution in [-0.2, 0) is 0 Å². The van der Waals surface area contributed by atoms with E-state index in [0.29, 0.717) is 6.61 Å². The molecule has 1 saturated heterocycles. The van der Waals surface area contributed by atoms with Crippen molar-refractivity contribution in [2.45, 2.75) is 25.0 Å². The van der Waals surface area contributed by atoms with Gasteiger partial charge in [-0.25, -0.2) is 0 Å². The summed E-state index contributed by atoms with van der Waals surface area (Å²) in [4.78, 5) is 2.43. The molecule has 1 heterocycles. The number of anilines is 2. The number of ether oxygens (including phenoxy) is 1. The van der Waals surface area contributed by atoms with Crippen LogP contribution in [0.15, 0.2) is 18.2 Å². The summed E-state index contributed by atoms with van der Waals surface area (Å²) in [6.45, 7) is 4.89. The van der Waals surface area contributed by atoms with E-state index in [0.717, 1.165) is 29.8 Å². The zero-order valence-electron chi connectivity index (χ0n) is 11.2. The third-order valence-corrected chi connectivity index (χ3v) is 4.58. The molecule has 0 spiro atoms. The number of nitrogens with two attached hydrogens (primary N) is 1. The van der Waals surface area contributed by atoms with Crippen molar-refractivity contribution < 1.29 is 4.74 Å². The maximum Gasteiger partial charge on any atom is 0.144 e. The minimum absolute atomic E-state index is 0.655. The largest absolute Gasteiger partial charge is 0.492 e. The topological polar surface area (TPSA) is 38.5 Å². The van der Waals surface area contributed by atoms with Gasteiger partial charge in [-0.1, -0.05) is 0 Å². The summed E-state index contributed by atoms with van der Waals surface area (Å²) in [5.41, 5.74) is 7.85. The van der Waals surface area contributed by atoms with Crippen LogP contribution in [0, 0.1) is 0 Å². The Bertz CT molecular complexity index is 389. The van der Waals surface area contributed by atoms with Crippen LogP contribution in [0.2, 0.25) is 0 Å². The molecular formula is C14H22N2OS. The molecule has 18 heavy (non-hydrogen) atoms. The lowest BCUT2D eigenvalue weighted by atomic mass is 10.1. The molecule has 0 bridgehead atoms. The van der Waals surface area contributed by atoms with E-state index in [1.807, 2.05) is 24.8 Å². The van der Waals surface area contributed by atoms with E-state index in [1.165, 1.54) is 18.5 Å². The molecular weight excluding hydrogens is 244 g/mol. The van der Waals surface area contributed by atoms with E-state index in [9.17, 15) is 0 Å². The highest BCUT2D eigenvalue weighted by Crippen LogP contribution is 2.30. The second-order valence-electron chi connectivity index (χ2n) is 4.58. The van der Waals surface area contributed by atoms with Gasteiger partial charge in [-0.2, -0.15) is 11.8 Å². The van der Waals surface area contributed by atoms with Gasteiger partial charge in [0.1, 0.15) is 5.75 Å². The van der Waals surface area contributed by atoms with E-state index >= 15 is 0 Å². The van der Waals surface area contributed by atoms with E-state index in [2.05, 4.69) is 23.3 Å². The van der Waals surface area contributed by atoms with E-state index < -0.39 is 0 Å². The molecule has 0 aliphatic carbocycles. The van der Waals surface area contributed by atoms with Crippen molar-refractivity contribution >= 4 is 23.1 Å². The van der Waals surface area contributed by atoms with Gasteiger partial charge in [-0.05, 0) is 38.2 Å². The van der Waals surface area contributed by atoms with Crippen LogP contribution in [0.4, 0.5) is 11.4 Å². The molecule has 1 aliphatic heterocycles. The average molecular weight is 266 g/mol. The summed E-state index contributed by atoms with van der Waals surface area (Å²) in [7, 11) is 0. The molecule has 1 aliphatic rings. The minimum Gasteiger partial charge on any atom is -0.492 e. The van der Waals surface area contributed by atoms with Crippen molar-refractivity contribution in [1.82, 2.24) is 0 Å². The summed E-state index contributed by atoms with van der Waals surface area (Å²) in [5.74, 6) is 0.807. The predicted octanol–water partition coefficient (Wildman–Crippen LogP) is 3.00. The summed E-state index contributed by atoms with van der Waals surface area (Å²) in [5, 5.41) is 0.821. The average Bonchev–Trinajstić information content (AvgIpc) is 2.42. The first-order valence-electron chi connectivity index (χ1n) is 6.54. The first-order valence-corrected chi connectivity index (χ1v) is 7.83. The normalized spacial score (nSPS) is 16.9. The maximum atomic E-state index is 5.90. The molecule has 0 atom stereocenters. The Morgan fingerprint density at radius 2 is 2.11 bits per heavy atom. The third-order valence-electron chi connectivity index (χ3n) is 3.44. The third kappa shape index (κ3) is 3.05. The summed E-state index contributed by atoms with van der Waals surface area (Å²) >= 11 is 1.99. The highest BCUT2D eigenvalue weighted by Gasteiger charge is 2.19. The number of thioether (sulfide) groups is 1. The quantitative estimate of drug-likeness (QED) is 0.850. The van der Waals surface area contributed by atoms with E-state index in [4.69, 9.17) is 10.5 Å². The van der Waals surface area contributed by atoms with Gasteiger partial charge in [0.2, 0.25) is 0 Å². The fourth-order valence-electron chi connectivity index (χ4n) is 2.35. The van der Waals surface area contributed by atoms with Crippen LogP contribution in [-0.4, -0.2) is 31.2 Å². The highest BCUT2D eigenvalue weighted by atomic mass is 32.2. The molecule has 100 valence electrons. The molecule has 4 heteroatoms.